The number of nitrogens with zero attached hydrogens (tertiary/aromatic N) is 1. The molecule has 0 spiro atoms. The molecule has 1 aromatic heterocycles. The van der Waals surface area contributed by atoms with Gasteiger partial charge < -0.3 is 14.6 Å². The summed E-state index contributed by atoms with van der Waals surface area (Å²) in [6.07, 6.45) is 0.619. The molecule has 1 amide bonds. The van der Waals surface area contributed by atoms with Crippen molar-refractivity contribution in [2.45, 2.75) is 32.2 Å². The van der Waals surface area contributed by atoms with Gasteiger partial charge in [-0.1, -0.05) is 0 Å². The second kappa shape index (κ2) is 6.36. The Hall–Kier alpha value is -2.21. The zero-order chi connectivity index (χ0) is 17.3. The van der Waals surface area contributed by atoms with Gasteiger partial charge in [0.1, 0.15) is 5.82 Å². The first kappa shape index (κ1) is 16.6. The predicted molar refractivity (Wildman–Crippen MR) is 89.5 cm³/mol. The van der Waals surface area contributed by atoms with E-state index in [0.717, 1.165) is 5.39 Å². The molecule has 1 aliphatic rings. The van der Waals surface area contributed by atoms with Crippen LogP contribution >= 0.6 is 0 Å². The number of ether oxygens (including phenoxy) is 1. The average Bonchev–Trinajstić information content (AvgIpc) is 2.52. The lowest BCUT2D eigenvalue weighted by molar-refractivity contribution is -0.146. The number of H-pyrrole nitrogens is 1. The fourth-order valence-corrected chi connectivity index (χ4v) is 3.10. The number of hydrogen-bond donors (Lipinski definition) is 1. The van der Waals surface area contributed by atoms with Crippen LogP contribution < -0.4 is 5.56 Å². The first-order chi connectivity index (χ1) is 11.4. The van der Waals surface area contributed by atoms with Gasteiger partial charge in [-0.3, -0.25) is 9.59 Å². The van der Waals surface area contributed by atoms with Gasteiger partial charge in [-0.2, -0.15) is 0 Å². The summed E-state index contributed by atoms with van der Waals surface area (Å²) in [5.41, 5.74) is 0.392. The van der Waals surface area contributed by atoms with Crippen LogP contribution in [-0.2, 0) is 16.0 Å². The predicted octanol–water partition coefficient (Wildman–Crippen LogP) is 2.24. The normalized spacial score (nSPS) is 17.2. The summed E-state index contributed by atoms with van der Waals surface area (Å²) < 4.78 is 18.6. The van der Waals surface area contributed by atoms with Gasteiger partial charge in [0.15, 0.2) is 0 Å². The maximum Gasteiger partial charge on any atom is 0.251 e. The van der Waals surface area contributed by atoms with Crippen molar-refractivity contribution in [3.8, 4) is 0 Å². The zero-order valence-electron chi connectivity index (χ0n) is 13.9. The zero-order valence-corrected chi connectivity index (χ0v) is 13.9. The molecule has 1 N–H and O–H groups in total. The molecule has 5 nitrogen and oxygen atoms in total. The number of pyridine rings is 1. The highest BCUT2D eigenvalue weighted by atomic mass is 19.1. The molecule has 3 rings (SSSR count). The van der Waals surface area contributed by atoms with E-state index in [1.165, 1.54) is 12.1 Å². The van der Waals surface area contributed by atoms with Crippen LogP contribution in [0, 0.1) is 5.82 Å². The number of nitrogens with one attached hydrogen (secondary N) is 1. The first-order valence-corrected chi connectivity index (χ1v) is 8.06. The van der Waals surface area contributed by atoms with Gasteiger partial charge in [-0.25, -0.2) is 4.39 Å². The van der Waals surface area contributed by atoms with Gasteiger partial charge in [0.2, 0.25) is 5.91 Å². The Kier molecular flexibility index (Phi) is 4.41. The van der Waals surface area contributed by atoms with E-state index in [2.05, 4.69) is 4.98 Å². The van der Waals surface area contributed by atoms with Gasteiger partial charge in [0.05, 0.1) is 24.3 Å². The monoisotopic (exact) mass is 332 g/mol. The Morgan fingerprint density at radius 2 is 2.17 bits per heavy atom. The topological polar surface area (TPSA) is 62.4 Å². The van der Waals surface area contributed by atoms with Gasteiger partial charge in [-0.15, -0.1) is 0 Å². The molecule has 0 atom stereocenters. The summed E-state index contributed by atoms with van der Waals surface area (Å²) in [6, 6.07) is 6.00. The minimum absolute atomic E-state index is 0.0157. The smallest absolute Gasteiger partial charge is 0.251 e. The lowest BCUT2D eigenvalue weighted by atomic mass is 10.0. The van der Waals surface area contributed by atoms with Crippen LogP contribution in [0.4, 0.5) is 4.39 Å². The van der Waals surface area contributed by atoms with Crippen molar-refractivity contribution in [1.82, 2.24) is 9.88 Å². The van der Waals surface area contributed by atoms with E-state index in [-0.39, 0.29) is 23.4 Å². The van der Waals surface area contributed by atoms with E-state index in [1.807, 2.05) is 18.7 Å². The highest BCUT2D eigenvalue weighted by molar-refractivity contribution is 5.80. The van der Waals surface area contributed by atoms with E-state index < -0.39 is 5.82 Å². The molecule has 1 saturated heterocycles. The lowest BCUT2D eigenvalue weighted by Crippen LogP contribution is -2.55. The van der Waals surface area contributed by atoms with Crippen LogP contribution in [-0.4, -0.2) is 41.1 Å². The number of rotatable bonds is 3. The van der Waals surface area contributed by atoms with E-state index in [9.17, 15) is 14.0 Å². The Bertz CT molecular complexity index is 829. The van der Waals surface area contributed by atoms with Gasteiger partial charge in [0.25, 0.3) is 5.56 Å². The molecule has 1 aromatic carbocycles. The molecule has 128 valence electrons. The molecule has 0 aliphatic carbocycles. The highest BCUT2D eigenvalue weighted by Crippen LogP contribution is 2.20. The van der Waals surface area contributed by atoms with E-state index in [4.69, 9.17) is 4.74 Å². The molecule has 24 heavy (non-hydrogen) atoms. The second-order valence-electron chi connectivity index (χ2n) is 6.77. The number of aryl methyl sites for hydroxylation is 1. The SMILES string of the molecule is CC1(C)COCCN1C(=O)CCc1cc2ccc(F)cc2[nH]c1=O. The average molecular weight is 332 g/mol. The second-order valence-corrected chi connectivity index (χ2v) is 6.77. The minimum Gasteiger partial charge on any atom is -0.377 e. The summed E-state index contributed by atoms with van der Waals surface area (Å²) in [5.74, 6) is -0.377. The van der Waals surface area contributed by atoms with Crippen LogP contribution in [0.1, 0.15) is 25.8 Å². The summed E-state index contributed by atoms with van der Waals surface area (Å²) in [7, 11) is 0. The molecular formula is C18H21FN2O3. The first-order valence-electron chi connectivity index (χ1n) is 8.06. The third-order valence-electron chi connectivity index (χ3n) is 4.44. The largest absolute Gasteiger partial charge is 0.377 e. The Morgan fingerprint density at radius 1 is 1.38 bits per heavy atom. The van der Waals surface area contributed by atoms with Gasteiger partial charge in [-0.05, 0) is 49.9 Å². The number of halogens is 1. The number of morpholine rings is 1. The quantitative estimate of drug-likeness (QED) is 0.938. The number of benzene rings is 1. The third kappa shape index (κ3) is 3.33. The molecule has 1 fully saturated rings. The summed E-state index contributed by atoms with van der Waals surface area (Å²) in [6.45, 7) is 5.57. The Labute approximate surface area is 139 Å². The molecule has 0 saturated carbocycles. The van der Waals surface area contributed by atoms with Crippen molar-refractivity contribution in [3.05, 3.63) is 46.0 Å². The fourth-order valence-electron chi connectivity index (χ4n) is 3.10. The third-order valence-corrected chi connectivity index (χ3v) is 4.44. The summed E-state index contributed by atoms with van der Waals surface area (Å²) in [5, 5.41) is 0.755. The maximum atomic E-state index is 13.2. The standard InChI is InChI=1S/C18H21FN2O3/c1-18(2)11-24-8-7-21(18)16(22)6-4-13-9-12-3-5-14(19)10-15(12)20-17(13)23/h3,5,9-10H,4,6-8,11H2,1-2H3,(H,20,23). The lowest BCUT2D eigenvalue weighted by Gasteiger charge is -2.42. The van der Waals surface area contributed by atoms with E-state index in [1.54, 1.807) is 12.1 Å². The van der Waals surface area contributed by atoms with Crippen LogP contribution in [0.25, 0.3) is 10.9 Å². The number of aromatic amines is 1. The highest BCUT2D eigenvalue weighted by Gasteiger charge is 2.33. The van der Waals surface area contributed by atoms with Crippen molar-refractivity contribution in [3.63, 3.8) is 0 Å². The molecule has 2 heterocycles. The van der Waals surface area contributed by atoms with Crippen LogP contribution in [0.15, 0.2) is 29.1 Å². The van der Waals surface area contributed by atoms with Crippen molar-refractivity contribution in [1.29, 1.82) is 0 Å². The van der Waals surface area contributed by atoms with E-state index >= 15 is 0 Å². The van der Waals surface area contributed by atoms with Gasteiger partial charge in [0, 0.05) is 18.5 Å². The van der Waals surface area contributed by atoms with Crippen molar-refractivity contribution in [2.24, 2.45) is 0 Å². The summed E-state index contributed by atoms with van der Waals surface area (Å²) >= 11 is 0. The molecule has 0 radical (unpaired) electrons. The number of fused-ring (bicyclic) bond motifs is 1. The van der Waals surface area contributed by atoms with Crippen molar-refractivity contribution >= 4 is 16.8 Å². The van der Waals surface area contributed by atoms with Gasteiger partial charge >= 0.3 is 0 Å². The molecular weight excluding hydrogens is 311 g/mol. The van der Waals surface area contributed by atoms with Crippen LogP contribution in [0.5, 0.6) is 0 Å². The number of aromatic nitrogens is 1. The maximum absolute atomic E-state index is 13.2. The molecule has 0 bridgehead atoms. The molecule has 2 aromatic rings. The van der Waals surface area contributed by atoms with Crippen molar-refractivity contribution < 1.29 is 13.9 Å². The van der Waals surface area contributed by atoms with Crippen LogP contribution in [0.3, 0.4) is 0 Å². The molecule has 0 unspecified atom stereocenters. The Balaban J connectivity index is 1.75. The summed E-state index contributed by atoms with van der Waals surface area (Å²) in [4.78, 5) is 29.2. The Morgan fingerprint density at radius 3 is 2.92 bits per heavy atom. The van der Waals surface area contributed by atoms with Crippen molar-refractivity contribution in [2.75, 3.05) is 19.8 Å². The fraction of sp³-hybridized carbons (Fsp3) is 0.444. The minimum atomic E-state index is -0.393. The van der Waals surface area contributed by atoms with E-state index in [0.29, 0.717) is 37.3 Å². The molecule has 1 aliphatic heterocycles. The van der Waals surface area contributed by atoms with Crippen LogP contribution in [0.2, 0.25) is 0 Å². The molecule has 6 heteroatoms. The number of amides is 1. The number of carbonyl (C=O) groups is 1. The number of carbonyl (C=O) groups excluding carboxylic acids is 1. The number of hydrogen-bond acceptors (Lipinski definition) is 3.